The number of likely N-dealkylation sites (N-methyl/N-ethyl adjacent to an activating group) is 1. The molecule has 0 fully saturated rings. The molecule has 2 heterocycles. The van der Waals surface area contributed by atoms with E-state index in [0.29, 0.717) is 13.0 Å². The Bertz CT molecular complexity index is 889. The summed E-state index contributed by atoms with van der Waals surface area (Å²) in [5.74, 6) is 1.33. The Labute approximate surface area is 158 Å². The second-order valence-corrected chi connectivity index (χ2v) is 6.70. The Hall–Kier alpha value is -2.90. The predicted molar refractivity (Wildman–Crippen MR) is 106 cm³/mol. The van der Waals surface area contributed by atoms with Crippen LogP contribution in [-0.2, 0) is 11.2 Å². The summed E-state index contributed by atoms with van der Waals surface area (Å²) in [7, 11) is 3.92. The molecule has 0 aliphatic carbocycles. The van der Waals surface area contributed by atoms with E-state index in [-0.39, 0.29) is 5.91 Å². The lowest BCUT2D eigenvalue weighted by Crippen LogP contribution is -2.44. The van der Waals surface area contributed by atoms with Crippen LogP contribution in [0.1, 0.15) is 5.56 Å². The van der Waals surface area contributed by atoms with Gasteiger partial charge in [-0.15, -0.1) is 0 Å². The van der Waals surface area contributed by atoms with E-state index in [1.165, 1.54) is 0 Å². The first-order chi connectivity index (χ1) is 13.0. The van der Waals surface area contributed by atoms with Gasteiger partial charge in [0.15, 0.2) is 0 Å². The SMILES string of the molecule is CN(C)CCNC(=O)[C@H](N)Cc1ccc(Oc2ccnc3[nH]ccc23)cc1. The van der Waals surface area contributed by atoms with E-state index >= 15 is 0 Å². The van der Waals surface area contributed by atoms with Gasteiger partial charge in [-0.05, 0) is 50.3 Å². The van der Waals surface area contributed by atoms with Crippen LogP contribution in [0.15, 0.2) is 48.8 Å². The van der Waals surface area contributed by atoms with Crippen molar-refractivity contribution in [2.24, 2.45) is 5.73 Å². The molecule has 7 heteroatoms. The molecule has 27 heavy (non-hydrogen) atoms. The summed E-state index contributed by atoms with van der Waals surface area (Å²) in [5, 5.41) is 3.78. The number of nitrogens with two attached hydrogens (primary N) is 1. The van der Waals surface area contributed by atoms with Crippen molar-refractivity contribution in [1.29, 1.82) is 0 Å². The van der Waals surface area contributed by atoms with Crippen LogP contribution in [0.3, 0.4) is 0 Å². The van der Waals surface area contributed by atoms with E-state index in [4.69, 9.17) is 10.5 Å². The molecular weight excluding hydrogens is 342 g/mol. The molecule has 3 rings (SSSR count). The van der Waals surface area contributed by atoms with Crippen LogP contribution in [0, 0.1) is 0 Å². The van der Waals surface area contributed by atoms with Crippen molar-refractivity contribution in [3.05, 3.63) is 54.4 Å². The van der Waals surface area contributed by atoms with Gasteiger partial charge in [0.1, 0.15) is 17.1 Å². The number of ether oxygens (including phenoxy) is 1. The van der Waals surface area contributed by atoms with Crippen LogP contribution < -0.4 is 15.8 Å². The Kier molecular flexibility index (Phi) is 6.05. The largest absolute Gasteiger partial charge is 0.457 e. The van der Waals surface area contributed by atoms with E-state index in [9.17, 15) is 4.79 Å². The van der Waals surface area contributed by atoms with Gasteiger partial charge >= 0.3 is 0 Å². The van der Waals surface area contributed by atoms with Gasteiger partial charge in [-0.2, -0.15) is 0 Å². The molecule has 142 valence electrons. The molecule has 2 aromatic heterocycles. The molecule has 4 N–H and O–H groups in total. The molecule has 0 aliphatic rings. The Balaban J connectivity index is 1.57. The summed E-state index contributed by atoms with van der Waals surface area (Å²) in [6.07, 6.45) is 4.01. The van der Waals surface area contributed by atoms with E-state index in [1.54, 1.807) is 6.20 Å². The van der Waals surface area contributed by atoms with Gasteiger partial charge in [0.05, 0.1) is 11.4 Å². The summed E-state index contributed by atoms with van der Waals surface area (Å²) in [6.45, 7) is 1.37. The van der Waals surface area contributed by atoms with Crippen molar-refractivity contribution >= 4 is 16.9 Å². The van der Waals surface area contributed by atoms with Gasteiger partial charge in [-0.25, -0.2) is 4.98 Å². The summed E-state index contributed by atoms with van der Waals surface area (Å²) < 4.78 is 5.96. The van der Waals surface area contributed by atoms with Gasteiger partial charge in [-0.3, -0.25) is 4.79 Å². The first-order valence-electron chi connectivity index (χ1n) is 8.90. The lowest BCUT2D eigenvalue weighted by Gasteiger charge is -2.14. The summed E-state index contributed by atoms with van der Waals surface area (Å²) in [5.41, 5.74) is 7.78. The van der Waals surface area contributed by atoms with Crippen LogP contribution >= 0.6 is 0 Å². The van der Waals surface area contributed by atoms with Gasteiger partial charge < -0.3 is 25.7 Å². The van der Waals surface area contributed by atoms with Crippen molar-refractivity contribution < 1.29 is 9.53 Å². The van der Waals surface area contributed by atoms with Crippen LogP contribution in [-0.4, -0.2) is 54.0 Å². The number of fused-ring (bicyclic) bond motifs is 1. The third-order valence-electron chi connectivity index (χ3n) is 4.22. The summed E-state index contributed by atoms with van der Waals surface area (Å²) in [4.78, 5) is 21.4. The quantitative estimate of drug-likeness (QED) is 0.565. The molecule has 0 radical (unpaired) electrons. The third kappa shape index (κ3) is 5.06. The molecule has 0 unspecified atom stereocenters. The van der Waals surface area contributed by atoms with E-state index in [2.05, 4.69) is 15.3 Å². The third-order valence-corrected chi connectivity index (χ3v) is 4.22. The highest BCUT2D eigenvalue weighted by atomic mass is 16.5. The highest BCUT2D eigenvalue weighted by Crippen LogP contribution is 2.28. The van der Waals surface area contributed by atoms with Crippen LogP contribution in [0.2, 0.25) is 0 Å². The molecule has 0 saturated heterocycles. The standard InChI is InChI=1S/C20H25N5O2/c1-25(2)12-11-24-20(26)17(21)13-14-3-5-15(6-4-14)27-18-8-10-23-19-16(18)7-9-22-19/h3-10,17H,11-13,21H2,1-2H3,(H,22,23)(H,24,26)/t17-/m1/s1. The second-order valence-electron chi connectivity index (χ2n) is 6.70. The molecule has 0 spiro atoms. The second kappa shape index (κ2) is 8.66. The molecule has 1 atom stereocenters. The number of aromatic nitrogens is 2. The molecule has 0 bridgehead atoms. The summed E-state index contributed by atoms with van der Waals surface area (Å²) in [6, 6.07) is 10.8. The fourth-order valence-corrected chi connectivity index (χ4v) is 2.73. The van der Waals surface area contributed by atoms with Crippen LogP contribution in [0.25, 0.3) is 11.0 Å². The number of H-pyrrole nitrogens is 1. The fraction of sp³-hybridized carbons (Fsp3) is 0.300. The average molecular weight is 367 g/mol. The molecule has 0 aliphatic heterocycles. The van der Waals surface area contributed by atoms with Crippen molar-refractivity contribution in [3.8, 4) is 11.5 Å². The number of aromatic amines is 1. The number of carbonyl (C=O) groups is 1. The predicted octanol–water partition coefficient (Wildman–Crippen LogP) is 1.90. The number of hydrogen-bond donors (Lipinski definition) is 3. The van der Waals surface area contributed by atoms with Crippen LogP contribution in [0.4, 0.5) is 0 Å². The Morgan fingerprint density at radius 1 is 1.26 bits per heavy atom. The van der Waals surface area contributed by atoms with Gasteiger partial charge in [0.2, 0.25) is 5.91 Å². The highest BCUT2D eigenvalue weighted by Gasteiger charge is 2.14. The monoisotopic (exact) mass is 367 g/mol. The Morgan fingerprint density at radius 3 is 2.78 bits per heavy atom. The lowest BCUT2D eigenvalue weighted by atomic mass is 10.1. The maximum atomic E-state index is 12.0. The first-order valence-corrected chi connectivity index (χ1v) is 8.90. The topological polar surface area (TPSA) is 96.3 Å². The zero-order chi connectivity index (χ0) is 19.2. The van der Waals surface area contributed by atoms with Gasteiger partial charge in [-0.1, -0.05) is 12.1 Å². The number of nitrogens with zero attached hydrogens (tertiary/aromatic N) is 2. The van der Waals surface area contributed by atoms with Gasteiger partial charge in [0, 0.05) is 25.5 Å². The minimum atomic E-state index is -0.571. The number of carbonyl (C=O) groups excluding carboxylic acids is 1. The molecule has 3 aromatic rings. The van der Waals surface area contributed by atoms with Crippen molar-refractivity contribution in [3.63, 3.8) is 0 Å². The zero-order valence-corrected chi connectivity index (χ0v) is 15.6. The van der Waals surface area contributed by atoms with E-state index < -0.39 is 6.04 Å². The smallest absolute Gasteiger partial charge is 0.237 e. The highest BCUT2D eigenvalue weighted by molar-refractivity contribution is 5.82. The number of benzene rings is 1. The number of nitrogens with one attached hydrogen (secondary N) is 2. The normalized spacial score (nSPS) is 12.3. The van der Waals surface area contributed by atoms with Crippen molar-refractivity contribution in [1.82, 2.24) is 20.2 Å². The molecule has 1 aromatic carbocycles. The zero-order valence-electron chi connectivity index (χ0n) is 15.6. The first kappa shape index (κ1) is 18.9. The fourth-order valence-electron chi connectivity index (χ4n) is 2.73. The van der Waals surface area contributed by atoms with E-state index in [1.807, 2.05) is 61.6 Å². The lowest BCUT2D eigenvalue weighted by molar-refractivity contribution is -0.122. The van der Waals surface area contributed by atoms with Crippen molar-refractivity contribution in [2.45, 2.75) is 12.5 Å². The molecular formula is C20H25N5O2. The molecule has 0 saturated carbocycles. The maximum Gasteiger partial charge on any atom is 0.237 e. The molecule has 1 amide bonds. The maximum absolute atomic E-state index is 12.0. The van der Waals surface area contributed by atoms with Crippen molar-refractivity contribution in [2.75, 3.05) is 27.2 Å². The number of hydrogen-bond acceptors (Lipinski definition) is 5. The number of rotatable bonds is 8. The van der Waals surface area contributed by atoms with E-state index in [0.717, 1.165) is 34.6 Å². The average Bonchev–Trinajstić information content (AvgIpc) is 3.12. The Morgan fingerprint density at radius 2 is 2.04 bits per heavy atom. The van der Waals surface area contributed by atoms with Gasteiger partial charge in [0.25, 0.3) is 0 Å². The summed E-state index contributed by atoms with van der Waals surface area (Å²) >= 11 is 0. The number of amides is 1. The number of pyridine rings is 1. The van der Waals surface area contributed by atoms with Crippen LogP contribution in [0.5, 0.6) is 11.5 Å². The minimum Gasteiger partial charge on any atom is -0.457 e. The molecule has 7 nitrogen and oxygen atoms in total. The minimum absolute atomic E-state index is 0.135.